The van der Waals surface area contributed by atoms with E-state index in [0.29, 0.717) is 31.1 Å². The van der Waals surface area contributed by atoms with E-state index >= 15 is 0 Å². The van der Waals surface area contributed by atoms with Gasteiger partial charge in [-0.2, -0.15) is 0 Å². The molecule has 0 atom stereocenters. The summed E-state index contributed by atoms with van der Waals surface area (Å²) in [5, 5.41) is 6.72. The molecule has 0 aliphatic rings. The molecule has 0 saturated carbocycles. The highest BCUT2D eigenvalue weighted by atomic mass is 127. The predicted molar refractivity (Wildman–Crippen MR) is 114 cm³/mol. The number of nitrogens with zero attached hydrogens (tertiary/aromatic N) is 2. The first-order valence-corrected chi connectivity index (χ1v) is 8.39. The first-order chi connectivity index (χ1) is 11.4. The summed E-state index contributed by atoms with van der Waals surface area (Å²) in [5.74, 6) is 1.54. The van der Waals surface area contributed by atoms with E-state index in [1.54, 1.807) is 19.2 Å². The second kappa shape index (κ2) is 13.0. The van der Waals surface area contributed by atoms with E-state index < -0.39 is 0 Å². The highest BCUT2D eigenvalue weighted by Crippen LogP contribution is 2.15. The number of amides is 1. The molecule has 25 heavy (non-hydrogen) atoms. The zero-order valence-corrected chi connectivity index (χ0v) is 18.3. The van der Waals surface area contributed by atoms with Crippen LogP contribution in [0.25, 0.3) is 0 Å². The molecule has 0 radical (unpaired) electrons. The molecule has 0 fully saturated rings. The normalized spacial score (nSPS) is 10.9. The van der Waals surface area contributed by atoms with Crippen LogP contribution in [0.5, 0.6) is 5.75 Å². The van der Waals surface area contributed by atoms with E-state index in [1.807, 2.05) is 37.9 Å². The number of benzene rings is 1. The van der Waals surface area contributed by atoms with Gasteiger partial charge in [-0.15, -0.1) is 24.0 Å². The minimum Gasteiger partial charge on any atom is -0.492 e. The molecular weight excluding hydrogens is 455 g/mol. The van der Waals surface area contributed by atoms with E-state index in [-0.39, 0.29) is 35.9 Å². The molecule has 0 unspecified atom stereocenters. The summed E-state index contributed by atoms with van der Waals surface area (Å²) < 4.78 is 5.67. The summed E-state index contributed by atoms with van der Waals surface area (Å²) in [6, 6.07) is 7.42. The Kier molecular flexibility index (Phi) is 12.4. The topological polar surface area (TPSA) is 66.0 Å². The molecule has 0 saturated heterocycles. The van der Waals surface area contributed by atoms with E-state index in [1.165, 1.54) is 0 Å². The Morgan fingerprint density at radius 3 is 2.52 bits per heavy atom. The first kappa shape index (κ1) is 23.8. The molecule has 0 bridgehead atoms. The molecule has 0 spiro atoms. The Balaban J connectivity index is 0.00000576. The van der Waals surface area contributed by atoms with Gasteiger partial charge in [-0.3, -0.25) is 9.79 Å². The number of halogens is 2. The fraction of sp³-hybridized carbons (Fsp3) is 0.529. The summed E-state index contributed by atoms with van der Waals surface area (Å²) in [6.45, 7) is 5.61. The average Bonchev–Trinajstić information content (AvgIpc) is 2.52. The first-order valence-electron chi connectivity index (χ1n) is 8.02. The maximum Gasteiger partial charge on any atom is 0.221 e. The van der Waals surface area contributed by atoms with Gasteiger partial charge >= 0.3 is 0 Å². The number of nitrogens with one attached hydrogen (secondary N) is 2. The lowest BCUT2D eigenvalue weighted by atomic mass is 10.3. The van der Waals surface area contributed by atoms with Crippen molar-refractivity contribution in [2.45, 2.75) is 26.3 Å². The summed E-state index contributed by atoms with van der Waals surface area (Å²) in [4.78, 5) is 17.8. The Morgan fingerprint density at radius 2 is 1.96 bits per heavy atom. The number of hydrogen-bond acceptors (Lipinski definition) is 3. The summed E-state index contributed by atoms with van der Waals surface area (Å²) in [5.41, 5.74) is 0. The maximum absolute atomic E-state index is 11.6. The number of ether oxygens (including phenoxy) is 1. The number of aliphatic imine (C=N–C) groups is 1. The number of likely N-dealkylation sites (N-methyl/N-ethyl adjacent to an activating group) is 1. The zero-order valence-electron chi connectivity index (χ0n) is 15.2. The molecule has 8 heteroatoms. The number of rotatable bonds is 8. The molecule has 0 aliphatic carbocycles. The van der Waals surface area contributed by atoms with Crippen molar-refractivity contribution < 1.29 is 9.53 Å². The maximum atomic E-state index is 11.6. The van der Waals surface area contributed by atoms with Gasteiger partial charge in [0.1, 0.15) is 12.4 Å². The number of hydrogen-bond donors (Lipinski definition) is 2. The number of guanidine groups is 1. The number of carbonyl (C=O) groups is 1. The molecule has 1 rings (SSSR count). The van der Waals surface area contributed by atoms with Crippen LogP contribution in [0.4, 0.5) is 0 Å². The summed E-state index contributed by atoms with van der Waals surface area (Å²) >= 11 is 5.84. The highest BCUT2D eigenvalue weighted by molar-refractivity contribution is 14.0. The van der Waals surface area contributed by atoms with Crippen molar-refractivity contribution in [3.63, 3.8) is 0 Å². The molecule has 0 aliphatic heterocycles. The van der Waals surface area contributed by atoms with Crippen LogP contribution in [0.1, 0.15) is 20.3 Å². The lowest BCUT2D eigenvalue weighted by Gasteiger charge is -2.22. The molecule has 0 heterocycles. The molecule has 1 aromatic rings. The van der Waals surface area contributed by atoms with Crippen molar-refractivity contribution in [1.82, 2.24) is 15.5 Å². The molecule has 6 nitrogen and oxygen atoms in total. The van der Waals surface area contributed by atoms with Crippen LogP contribution in [0.15, 0.2) is 29.3 Å². The van der Waals surface area contributed by atoms with Crippen molar-refractivity contribution in [1.29, 1.82) is 0 Å². The molecular formula is C17H28ClIN4O2. The lowest BCUT2D eigenvalue weighted by Crippen LogP contribution is -2.42. The van der Waals surface area contributed by atoms with Crippen LogP contribution in [0.3, 0.4) is 0 Å². The van der Waals surface area contributed by atoms with Crippen molar-refractivity contribution in [3.8, 4) is 5.75 Å². The van der Waals surface area contributed by atoms with Crippen LogP contribution >= 0.6 is 35.6 Å². The fourth-order valence-electron chi connectivity index (χ4n) is 2.00. The Labute approximate surface area is 172 Å². The second-order valence-corrected chi connectivity index (χ2v) is 6.11. The van der Waals surface area contributed by atoms with Crippen LogP contribution in [-0.2, 0) is 4.79 Å². The smallest absolute Gasteiger partial charge is 0.221 e. The molecule has 142 valence electrons. The van der Waals surface area contributed by atoms with Gasteiger partial charge < -0.3 is 20.3 Å². The molecule has 1 aromatic carbocycles. The standard InChI is InChI=1S/C17H27ClN4O2.HI/c1-13(2)21-16(23)9-10-20-17(19-3)22(4)11-12-24-15-7-5-14(18)6-8-15;/h5-8,13H,9-12H2,1-4H3,(H,19,20)(H,21,23);1H. The van der Waals surface area contributed by atoms with Crippen molar-refractivity contribution in [2.24, 2.45) is 4.99 Å². The minimum absolute atomic E-state index is 0. The third-order valence-corrected chi connectivity index (χ3v) is 3.42. The van der Waals surface area contributed by atoms with Crippen LogP contribution in [-0.4, -0.2) is 56.6 Å². The van der Waals surface area contributed by atoms with Gasteiger partial charge in [0, 0.05) is 38.1 Å². The molecule has 2 N–H and O–H groups in total. The molecule has 1 amide bonds. The van der Waals surface area contributed by atoms with E-state index in [2.05, 4.69) is 15.6 Å². The Bertz CT molecular complexity index is 538. The van der Waals surface area contributed by atoms with Gasteiger partial charge in [0.15, 0.2) is 5.96 Å². The predicted octanol–water partition coefficient (Wildman–Crippen LogP) is 2.76. The highest BCUT2D eigenvalue weighted by Gasteiger charge is 2.07. The zero-order chi connectivity index (χ0) is 17.9. The van der Waals surface area contributed by atoms with E-state index in [9.17, 15) is 4.79 Å². The van der Waals surface area contributed by atoms with Crippen molar-refractivity contribution in [2.75, 3.05) is 33.8 Å². The van der Waals surface area contributed by atoms with Crippen LogP contribution < -0.4 is 15.4 Å². The van der Waals surface area contributed by atoms with Gasteiger partial charge in [-0.1, -0.05) is 11.6 Å². The van der Waals surface area contributed by atoms with Crippen LogP contribution in [0, 0.1) is 0 Å². The van der Waals surface area contributed by atoms with Gasteiger partial charge in [-0.25, -0.2) is 0 Å². The Hall–Kier alpha value is -1.22. The average molecular weight is 483 g/mol. The second-order valence-electron chi connectivity index (χ2n) is 5.67. The van der Waals surface area contributed by atoms with Crippen molar-refractivity contribution >= 4 is 47.4 Å². The van der Waals surface area contributed by atoms with Gasteiger partial charge in [0.25, 0.3) is 0 Å². The lowest BCUT2D eigenvalue weighted by molar-refractivity contribution is -0.121. The largest absolute Gasteiger partial charge is 0.492 e. The third-order valence-electron chi connectivity index (χ3n) is 3.17. The van der Waals surface area contributed by atoms with Gasteiger partial charge in [0.05, 0.1) is 6.54 Å². The monoisotopic (exact) mass is 482 g/mol. The van der Waals surface area contributed by atoms with Crippen LogP contribution in [0.2, 0.25) is 5.02 Å². The number of carbonyl (C=O) groups excluding carboxylic acids is 1. The SMILES string of the molecule is CN=C(NCCC(=O)NC(C)C)N(C)CCOc1ccc(Cl)cc1.I. The molecule has 0 aromatic heterocycles. The summed E-state index contributed by atoms with van der Waals surface area (Å²) in [6.07, 6.45) is 0.409. The van der Waals surface area contributed by atoms with E-state index in [0.717, 1.165) is 11.7 Å². The summed E-state index contributed by atoms with van der Waals surface area (Å²) in [7, 11) is 3.64. The quantitative estimate of drug-likeness (QED) is 0.340. The van der Waals surface area contributed by atoms with Crippen molar-refractivity contribution in [3.05, 3.63) is 29.3 Å². The van der Waals surface area contributed by atoms with Gasteiger partial charge in [-0.05, 0) is 38.1 Å². The van der Waals surface area contributed by atoms with E-state index in [4.69, 9.17) is 16.3 Å². The Morgan fingerprint density at radius 1 is 1.32 bits per heavy atom. The minimum atomic E-state index is 0. The third kappa shape index (κ3) is 10.4. The fourth-order valence-corrected chi connectivity index (χ4v) is 2.13. The van der Waals surface area contributed by atoms with Gasteiger partial charge in [0.2, 0.25) is 5.91 Å².